The van der Waals surface area contributed by atoms with Crippen LogP contribution in [0.1, 0.15) is 13.8 Å². The molecule has 0 aromatic heterocycles. The summed E-state index contributed by atoms with van der Waals surface area (Å²) in [5.74, 6) is -0.355. The molecular formula is C5H10O3S. The molecule has 0 aliphatic carbocycles. The van der Waals surface area contributed by atoms with Crippen LogP contribution in [0, 0.1) is 0 Å². The van der Waals surface area contributed by atoms with Crippen LogP contribution in [0.15, 0.2) is 0 Å². The molecule has 0 saturated carbocycles. The summed E-state index contributed by atoms with van der Waals surface area (Å²) in [6, 6.07) is 0. The van der Waals surface area contributed by atoms with Gasteiger partial charge in [0.15, 0.2) is 0 Å². The predicted molar refractivity (Wildman–Crippen MR) is 35.8 cm³/mol. The van der Waals surface area contributed by atoms with Crippen LogP contribution in [0.4, 0.5) is 0 Å². The first-order valence-corrected chi connectivity index (χ1v) is 3.70. The van der Waals surface area contributed by atoms with Gasteiger partial charge in [0.2, 0.25) is 0 Å². The summed E-state index contributed by atoms with van der Waals surface area (Å²) in [7, 11) is -1.06. The average molecular weight is 150 g/mol. The van der Waals surface area contributed by atoms with E-state index in [2.05, 4.69) is 0 Å². The molecule has 3 nitrogen and oxygen atoms in total. The number of rotatable bonds is 1. The molecule has 2 unspecified atom stereocenters. The van der Waals surface area contributed by atoms with Gasteiger partial charge in [-0.15, -0.1) is 0 Å². The molecule has 9 heavy (non-hydrogen) atoms. The van der Waals surface area contributed by atoms with E-state index in [1.807, 2.05) is 0 Å². The fraction of sp³-hybridized carbons (Fsp3) is 0.800. The van der Waals surface area contributed by atoms with E-state index in [9.17, 15) is 9.00 Å². The maximum absolute atomic E-state index is 10.4. The summed E-state index contributed by atoms with van der Waals surface area (Å²) in [6.45, 7) is 0. The van der Waals surface area contributed by atoms with Gasteiger partial charge in [-0.3, -0.25) is 9.00 Å². The van der Waals surface area contributed by atoms with Crippen LogP contribution in [0.25, 0.3) is 0 Å². The molecule has 1 saturated heterocycles. The number of carboxylic acid groups (broad SMARTS) is 1. The van der Waals surface area contributed by atoms with Gasteiger partial charge in [0.1, 0.15) is 5.25 Å². The second-order valence-corrected chi connectivity index (χ2v) is 3.44. The molecule has 0 amide bonds. The summed E-state index contributed by atoms with van der Waals surface area (Å²) in [5, 5.41) is 7.65. The lowest BCUT2D eigenvalue weighted by Crippen LogP contribution is -2.37. The van der Waals surface area contributed by atoms with Crippen LogP contribution in [0.3, 0.4) is 0 Å². The minimum Gasteiger partial charge on any atom is -0.480 e. The number of carboxylic acids is 1. The molecular weight excluding hydrogens is 140 g/mol. The Morgan fingerprint density at radius 1 is 1.67 bits per heavy atom. The molecule has 1 heterocycles. The zero-order chi connectivity index (χ0) is 6.15. The van der Waals surface area contributed by atoms with Crippen molar-refractivity contribution in [1.29, 1.82) is 0 Å². The molecule has 2 atom stereocenters. The van der Waals surface area contributed by atoms with E-state index >= 15 is 0 Å². The fourth-order valence-corrected chi connectivity index (χ4v) is 1.46. The van der Waals surface area contributed by atoms with Crippen molar-refractivity contribution < 1.29 is 14.1 Å². The predicted octanol–water partition coefficient (Wildman–Crippen LogP) is 0.228. The molecule has 54 valence electrons. The largest absolute Gasteiger partial charge is 0.480 e. The molecule has 0 spiro atoms. The zero-order valence-corrected chi connectivity index (χ0v) is 4.98. The second kappa shape index (κ2) is 2.96. The molecule has 1 aliphatic heterocycles. The van der Waals surface area contributed by atoms with Crippen molar-refractivity contribution in [3.63, 3.8) is 0 Å². The number of carbonyl (C=O) groups is 1. The normalized spacial score (nSPS) is 32.0. The highest BCUT2D eigenvalue weighted by Gasteiger charge is 2.32. The van der Waals surface area contributed by atoms with Crippen LogP contribution in [0.2, 0.25) is 0 Å². The summed E-state index contributed by atoms with van der Waals surface area (Å²) < 4.78 is 10.4. The van der Waals surface area contributed by atoms with E-state index in [1.165, 1.54) is 0 Å². The highest BCUT2D eigenvalue weighted by molar-refractivity contribution is 7.87. The number of hydrogen-bond donors (Lipinski definition) is 1. The van der Waals surface area contributed by atoms with Gasteiger partial charge < -0.3 is 5.11 Å². The highest BCUT2D eigenvalue weighted by atomic mass is 32.2. The molecule has 1 fully saturated rings. The van der Waals surface area contributed by atoms with Gasteiger partial charge in [0.05, 0.1) is 0 Å². The van der Waals surface area contributed by atoms with Crippen molar-refractivity contribution in [2.45, 2.75) is 19.1 Å². The minimum atomic E-state index is -1.06. The van der Waals surface area contributed by atoms with Gasteiger partial charge in [-0.1, -0.05) is 7.43 Å². The molecule has 0 aromatic carbocycles. The van der Waals surface area contributed by atoms with Gasteiger partial charge in [-0.25, -0.2) is 0 Å². The second-order valence-electron chi connectivity index (χ2n) is 1.70. The Bertz CT molecular complexity index is 135. The van der Waals surface area contributed by atoms with Crippen LogP contribution in [0.5, 0.6) is 0 Å². The minimum absolute atomic E-state index is 0. The van der Waals surface area contributed by atoms with E-state index in [4.69, 9.17) is 5.11 Å². The Kier molecular flexibility index (Phi) is 2.84. The van der Waals surface area contributed by atoms with Gasteiger partial charge in [0.25, 0.3) is 0 Å². The fourth-order valence-electron chi connectivity index (χ4n) is 0.568. The van der Waals surface area contributed by atoms with Gasteiger partial charge in [0, 0.05) is 16.6 Å². The zero-order valence-electron chi connectivity index (χ0n) is 4.16. The van der Waals surface area contributed by atoms with Gasteiger partial charge >= 0.3 is 5.97 Å². The van der Waals surface area contributed by atoms with E-state index in [0.29, 0.717) is 12.2 Å². The van der Waals surface area contributed by atoms with E-state index < -0.39 is 22.0 Å². The molecule has 1 aliphatic rings. The van der Waals surface area contributed by atoms with E-state index in [1.54, 1.807) is 0 Å². The first-order valence-electron chi connectivity index (χ1n) is 2.32. The van der Waals surface area contributed by atoms with Crippen molar-refractivity contribution >= 4 is 16.8 Å². The maximum atomic E-state index is 10.4. The van der Waals surface area contributed by atoms with Crippen molar-refractivity contribution in [1.82, 2.24) is 0 Å². The van der Waals surface area contributed by atoms with Crippen LogP contribution in [-0.2, 0) is 15.6 Å². The molecule has 1 N–H and O–H groups in total. The maximum Gasteiger partial charge on any atom is 0.319 e. The Morgan fingerprint density at radius 3 is 2.22 bits per heavy atom. The lowest BCUT2D eigenvalue weighted by Gasteiger charge is -2.19. The van der Waals surface area contributed by atoms with Crippen LogP contribution >= 0.6 is 0 Å². The molecule has 1 rings (SSSR count). The monoisotopic (exact) mass is 150 g/mol. The Balaban J connectivity index is 0.000000640. The standard InChI is InChI=1S/C4H6O3S.CH4/c5-4(6)3-1-2-8(3)7;/h3H,1-2H2,(H,5,6);1H4. The summed E-state index contributed by atoms with van der Waals surface area (Å²) in [5.41, 5.74) is 0. The lowest BCUT2D eigenvalue weighted by atomic mass is 10.3. The molecule has 4 heteroatoms. The summed E-state index contributed by atoms with van der Waals surface area (Å²) in [4.78, 5) is 10.00. The van der Waals surface area contributed by atoms with Crippen LogP contribution in [-0.4, -0.2) is 26.3 Å². The van der Waals surface area contributed by atoms with Crippen LogP contribution < -0.4 is 0 Å². The number of aliphatic carboxylic acids is 1. The Labute approximate surface area is 56.5 Å². The Hall–Kier alpha value is -0.380. The molecule has 0 aromatic rings. The third kappa shape index (κ3) is 1.51. The van der Waals surface area contributed by atoms with Crippen molar-refractivity contribution in [3.05, 3.63) is 0 Å². The van der Waals surface area contributed by atoms with Crippen molar-refractivity contribution in [2.75, 3.05) is 5.75 Å². The smallest absolute Gasteiger partial charge is 0.319 e. The third-order valence-electron chi connectivity index (χ3n) is 1.17. The topological polar surface area (TPSA) is 54.4 Å². The van der Waals surface area contributed by atoms with E-state index in [0.717, 1.165) is 0 Å². The quantitative estimate of drug-likeness (QED) is 0.582. The highest BCUT2D eigenvalue weighted by Crippen LogP contribution is 2.15. The lowest BCUT2D eigenvalue weighted by molar-refractivity contribution is -0.136. The third-order valence-corrected chi connectivity index (χ3v) is 2.88. The number of hydrogen-bond acceptors (Lipinski definition) is 2. The van der Waals surface area contributed by atoms with Gasteiger partial charge in [-0.2, -0.15) is 0 Å². The molecule has 0 bridgehead atoms. The summed E-state index contributed by atoms with van der Waals surface area (Å²) >= 11 is 0. The van der Waals surface area contributed by atoms with Crippen molar-refractivity contribution in [3.8, 4) is 0 Å². The average Bonchev–Trinajstić information content (AvgIpc) is 1.61. The van der Waals surface area contributed by atoms with Crippen molar-refractivity contribution in [2.24, 2.45) is 0 Å². The first-order chi connectivity index (χ1) is 3.72. The van der Waals surface area contributed by atoms with Gasteiger partial charge in [-0.05, 0) is 6.42 Å². The van der Waals surface area contributed by atoms with E-state index in [-0.39, 0.29) is 7.43 Å². The SMILES string of the molecule is C.O=C(O)C1CCS1=O. The first kappa shape index (κ1) is 8.62. The Morgan fingerprint density at radius 2 is 2.22 bits per heavy atom. The molecule has 0 radical (unpaired) electrons. The summed E-state index contributed by atoms with van der Waals surface area (Å²) in [6.07, 6.45) is 0.585.